The molecule has 17 heavy (non-hydrogen) atoms. The van der Waals surface area contributed by atoms with Crippen LogP contribution in [0.4, 0.5) is 0 Å². The van der Waals surface area contributed by atoms with Gasteiger partial charge in [0.1, 0.15) is 5.01 Å². The van der Waals surface area contributed by atoms with E-state index in [4.69, 9.17) is 11.6 Å². The molecule has 1 nitrogen and oxygen atoms in total. The van der Waals surface area contributed by atoms with E-state index < -0.39 is 0 Å². The summed E-state index contributed by atoms with van der Waals surface area (Å²) < 4.78 is 0. The summed E-state index contributed by atoms with van der Waals surface area (Å²) in [4.78, 5) is 5.79. The number of rotatable bonds is 2. The fraction of sp³-hybridized carbons (Fsp3) is 0.357. The van der Waals surface area contributed by atoms with E-state index in [1.807, 2.05) is 6.92 Å². The van der Waals surface area contributed by atoms with Gasteiger partial charge in [-0.1, -0.05) is 12.1 Å². The Morgan fingerprint density at radius 3 is 2.88 bits per heavy atom. The first-order valence-corrected chi connectivity index (χ1v) is 7.27. The Labute approximate surface area is 110 Å². The van der Waals surface area contributed by atoms with E-state index in [0.717, 1.165) is 10.7 Å². The van der Waals surface area contributed by atoms with Gasteiger partial charge in [0.05, 0.1) is 11.6 Å². The molecule has 0 N–H and O–H groups in total. The average molecular weight is 264 g/mol. The summed E-state index contributed by atoms with van der Waals surface area (Å²) in [7, 11) is 0. The number of aryl methyl sites for hydroxylation is 3. The Morgan fingerprint density at radius 1 is 1.29 bits per heavy atom. The highest BCUT2D eigenvalue weighted by atomic mass is 35.5. The lowest BCUT2D eigenvalue weighted by molar-refractivity contribution is 0.912. The van der Waals surface area contributed by atoms with Gasteiger partial charge in [0.15, 0.2) is 0 Å². The van der Waals surface area contributed by atoms with Crippen molar-refractivity contribution < 1.29 is 0 Å². The van der Waals surface area contributed by atoms with Crippen molar-refractivity contribution in [2.45, 2.75) is 32.1 Å². The van der Waals surface area contributed by atoms with E-state index in [1.165, 1.54) is 40.8 Å². The maximum atomic E-state index is 5.90. The minimum Gasteiger partial charge on any atom is -0.241 e. The van der Waals surface area contributed by atoms with E-state index in [9.17, 15) is 0 Å². The van der Waals surface area contributed by atoms with Crippen LogP contribution < -0.4 is 0 Å². The summed E-state index contributed by atoms with van der Waals surface area (Å²) in [5.74, 6) is 0.564. The van der Waals surface area contributed by atoms with Crippen molar-refractivity contribution in [2.75, 3.05) is 0 Å². The highest BCUT2D eigenvalue weighted by Gasteiger charge is 2.14. The predicted octanol–water partition coefficient (Wildman–Crippen LogP) is 4.35. The zero-order valence-electron chi connectivity index (χ0n) is 9.79. The molecule has 1 aliphatic carbocycles. The molecule has 0 fully saturated rings. The molecule has 0 saturated carbocycles. The van der Waals surface area contributed by atoms with Crippen molar-refractivity contribution in [1.29, 1.82) is 0 Å². The van der Waals surface area contributed by atoms with Gasteiger partial charge in [0, 0.05) is 10.4 Å². The molecule has 0 atom stereocenters. The lowest BCUT2D eigenvalue weighted by Crippen LogP contribution is -1.84. The van der Waals surface area contributed by atoms with Crippen molar-refractivity contribution in [2.24, 2.45) is 0 Å². The third-order valence-electron chi connectivity index (χ3n) is 3.36. The largest absolute Gasteiger partial charge is 0.241 e. The number of nitrogens with zero attached hydrogens (tertiary/aromatic N) is 1. The number of thiazole rings is 1. The summed E-state index contributed by atoms with van der Waals surface area (Å²) >= 11 is 7.61. The maximum Gasteiger partial charge on any atom is 0.123 e. The van der Waals surface area contributed by atoms with Gasteiger partial charge in [-0.3, -0.25) is 0 Å². The number of halogens is 1. The third kappa shape index (κ3) is 2.00. The number of aromatic nitrogens is 1. The van der Waals surface area contributed by atoms with E-state index in [1.54, 1.807) is 11.3 Å². The predicted molar refractivity (Wildman–Crippen MR) is 73.9 cm³/mol. The second-order valence-electron chi connectivity index (χ2n) is 4.50. The Kier molecular flexibility index (Phi) is 2.93. The first-order valence-electron chi connectivity index (χ1n) is 5.92. The van der Waals surface area contributed by atoms with Crippen LogP contribution in [0.1, 0.15) is 28.1 Å². The van der Waals surface area contributed by atoms with Crippen molar-refractivity contribution in [3.05, 3.63) is 39.9 Å². The maximum absolute atomic E-state index is 5.90. The van der Waals surface area contributed by atoms with Crippen molar-refractivity contribution in [1.82, 2.24) is 4.98 Å². The number of alkyl halides is 1. The second-order valence-corrected chi connectivity index (χ2v) is 5.85. The molecule has 0 bridgehead atoms. The molecule has 2 aromatic rings. The zero-order chi connectivity index (χ0) is 11.8. The Bertz CT molecular complexity index is 559. The molecular weight excluding hydrogens is 250 g/mol. The van der Waals surface area contributed by atoms with Crippen LogP contribution in [0.5, 0.6) is 0 Å². The monoisotopic (exact) mass is 263 g/mol. The van der Waals surface area contributed by atoms with Gasteiger partial charge in [0.2, 0.25) is 0 Å². The van der Waals surface area contributed by atoms with E-state index >= 15 is 0 Å². The molecule has 0 spiro atoms. The SMILES string of the molecule is Cc1nc(-c2ccc3c(c2)CCC3)sc1CCl. The van der Waals surface area contributed by atoms with Crippen LogP contribution in [0.3, 0.4) is 0 Å². The third-order valence-corrected chi connectivity index (χ3v) is 4.99. The Morgan fingerprint density at radius 2 is 2.12 bits per heavy atom. The molecule has 0 amide bonds. The number of hydrogen-bond donors (Lipinski definition) is 0. The Hall–Kier alpha value is -0.860. The molecule has 0 aliphatic heterocycles. The summed E-state index contributed by atoms with van der Waals surface area (Å²) in [5, 5.41) is 1.10. The topological polar surface area (TPSA) is 12.9 Å². The quantitative estimate of drug-likeness (QED) is 0.735. The number of fused-ring (bicyclic) bond motifs is 1. The number of benzene rings is 1. The molecule has 3 rings (SSSR count). The standard InChI is InChI=1S/C14H14ClNS/c1-9-13(8-15)17-14(16-9)12-6-5-10-3-2-4-11(10)7-12/h5-7H,2-4,8H2,1H3. The first-order chi connectivity index (χ1) is 8.28. The van der Waals surface area contributed by atoms with Gasteiger partial charge < -0.3 is 0 Å². The first kappa shape index (κ1) is 11.2. The average Bonchev–Trinajstić information content (AvgIpc) is 2.93. The minimum absolute atomic E-state index is 0.564. The van der Waals surface area contributed by atoms with Crippen LogP contribution in [0.15, 0.2) is 18.2 Å². The minimum atomic E-state index is 0.564. The smallest absolute Gasteiger partial charge is 0.123 e. The van der Waals surface area contributed by atoms with Crippen LogP contribution in [-0.4, -0.2) is 4.98 Å². The summed E-state index contributed by atoms with van der Waals surface area (Å²) in [5.41, 5.74) is 5.33. The molecule has 0 unspecified atom stereocenters. The molecule has 1 aromatic heterocycles. The zero-order valence-corrected chi connectivity index (χ0v) is 11.4. The fourth-order valence-corrected chi connectivity index (χ4v) is 3.65. The highest BCUT2D eigenvalue weighted by Crippen LogP contribution is 2.32. The van der Waals surface area contributed by atoms with E-state index in [-0.39, 0.29) is 0 Å². The van der Waals surface area contributed by atoms with Gasteiger partial charge in [-0.25, -0.2) is 4.98 Å². The molecule has 88 valence electrons. The lowest BCUT2D eigenvalue weighted by atomic mass is 10.1. The lowest BCUT2D eigenvalue weighted by Gasteiger charge is -2.01. The highest BCUT2D eigenvalue weighted by molar-refractivity contribution is 7.15. The van der Waals surface area contributed by atoms with Crippen molar-refractivity contribution in [3.63, 3.8) is 0 Å². The van der Waals surface area contributed by atoms with Crippen LogP contribution >= 0.6 is 22.9 Å². The molecule has 0 radical (unpaired) electrons. The molecule has 1 heterocycles. The van der Waals surface area contributed by atoms with Crippen molar-refractivity contribution in [3.8, 4) is 10.6 Å². The van der Waals surface area contributed by atoms with Crippen LogP contribution in [0.2, 0.25) is 0 Å². The van der Waals surface area contributed by atoms with E-state index in [2.05, 4.69) is 23.2 Å². The molecular formula is C14H14ClNS. The molecule has 1 aliphatic rings. The molecule has 3 heteroatoms. The molecule has 1 aromatic carbocycles. The van der Waals surface area contributed by atoms with Crippen molar-refractivity contribution >= 4 is 22.9 Å². The fourth-order valence-electron chi connectivity index (χ4n) is 2.38. The van der Waals surface area contributed by atoms with Gasteiger partial charge >= 0.3 is 0 Å². The molecule has 0 saturated heterocycles. The van der Waals surface area contributed by atoms with Crippen LogP contribution in [0.25, 0.3) is 10.6 Å². The van der Waals surface area contributed by atoms with Gasteiger partial charge in [-0.2, -0.15) is 0 Å². The summed E-state index contributed by atoms with van der Waals surface area (Å²) in [6.07, 6.45) is 3.75. The Balaban J connectivity index is 2.03. The van der Waals surface area contributed by atoms with Gasteiger partial charge in [-0.05, 0) is 43.4 Å². The number of hydrogen-bond acceptors (Lipinski definition) is 2. The van der Waals surface area contributed by atoms with E-state index in [0.29, 0.717) is 5.88 Å². The summed E-state index contributed by atoms with van der Waals surface area (Å²) in [6, 6.07) is 6.76. The summed E-state index contributed by atoms with van der Waals surface area (Å²) in [6.45, 7) is 2.03. The van der Waals surface area contributed by atoms with Gasteiger partial charge in [0.25, 0.3) is 0 Å². The van der Waals surface area contributed by atoms with Crippen LogP contribution in [0, 0.1) is 6.92 Å². The second kappa shape index (κ2) is 4.43. The van der Waals surface area contributed by atoms with Gasteiger partial charge in [-0.15, -0.1) is 22.9 Å². The van der Waals surface area contributed by atoms with Crippen LogP contribution in [-0.2, 0) is 18.7 Å². The normalized spacial score (nSPS) is 14.0.